The van der Waals surface area contributed by atoms with Gasteiger partial charge in [0.15, 0.2) is 0 Å². The first-order chi connectivity index (χ1) is 12.7. The van der Waals surface area contributed by atoms with E-state index in [1.165, 1.54) is 0 Å². The second kappa shape index (κ2) is 9.85. The van der Waals surface area contributed by atoms with Crippen LogP contribution in [0.2, 0.25) is 0 Å². The number of carbonyl (C=O) groups is 2. The molecule has 27 heavy (non-hydrogen) atoms. The molecule has 2 aliphatic heterocycles. The zero-order chi connectivity index (χ0) is 20.0. The molecule has 0 aliphatic carbocycles. The number of amides is 2. The van der Waals surface area contributed by atoms with E-state index in [9.17, 15) is 9.59 Å². The Labute approximate surface area is 165 Å². The summed E-state index contributed by atoms with van der Waals surface area (Å²) in [6.45, 7) is 18.8. The van der Waals surface area contributed by atoms with E-state index in [0.29, 0.717) is 6.54 Å². The number of nitrogens with zero attached hydrogens (tertiary/aromatic N) is 4. The van der Waals surface area contributed by atoms with Crippen molar-refractivity contribution in [2.45, 2.75) is 52.6 Å². The molecule has 2 amide bonds. The highest BCUT2D eigenvalue weighted by atomic mass is 16.2. The quantitative estimate of drug-likeness (QED) is 0.750. The largest absolute Gasteiger partial charge is 0.350 e. The highest BCUT2D eigenvalue weighted by Gasteiger charge is 2.29. The van der Waals surface area contributed by atoms with Crippen LogP contribution in [0.3, 0.4) is 0 Å². The predicted molar refractivity (Wildman–Crippen MR) is 109 cm³/mol. The Kier molecular flexibility index (Phi) is 8.06. The first-order valence-electron chi connectivity index (χ1n) is 10.5. The molecule has 0 spiro atoms. The summed E-state index contributed by atoms with van der Waals surface area (Å²) in [7, 11) is 0. The molecule has 0 radical (unpaired) electrons. The van der Waals surface area contributed by atoms with Crippen LogP contribution < -0.4 is 5.32 Å². The molecule has 0 unspecified atom stereocenters. The van der Waals surface area contributed by atoms with Gasteiger partial charge in [0.25, 0.3) is 0 Å². The van der Waals surface area contributed by atoms with E-state index in [1.807, 2.05) is 32.6 Å². The molecule has 0 saturated carbocycles. The summed E-state index contributed by atoms with van der Waals surface area (Å²) >= 11 is 0. The van der Waals surface area contributed by atoms with Crippen LogP contribution in [-0.2, 0) is 9.59 Å². The molecule has 7 nitrogen and oxygen atoms in total. The van der Waals surface area contributed by atoms with Gasteiger partial charge in [-0.05, 0) is 47.2 Å². The lowest BCUT2D eigenvalue weighted by Gasteiger charge is -2.37. The van der Waals surface area contributed by atoms with Gasteiger partial charge in [-0.2, -0.15) is 0 Å². The molecule has 0 aromatic rings. The summed E-state index contributed by atoms with van der Waals surface area (Å²) in [5.74, 6) is 0.332. The third-order valence-corrected chi connectivity index (χ3v) is 5.54. The third-order valence-electron chi connectivity index (χ3n) is 5.54. The zero-order valence-electron chi connectivity index (χ0n) is 18.0. The SMILES string of the molecule is CCN1CCN(C(=O)[C@H](C)N2CCCN(CC(=O)NC(C)(C)C)CC2)CC1. The van der Waals surface area contributed by atoms with Crippen molar-refractivity contribution in [3.8, 4) is 0 Å². The third kappa shape index (κ3) is 7.05. The number of rotatable bonds is 5. The van der Waals surface area contributed by atoms with Gasteiger partial charge >= 0.3 is 0 Å². The van der Waals surface area contributed by atoms with E-state index in [1.54, 1.807) is 0 Å². The molecule has 1 N–H and O–H groups in total. The summed E-state index contributed by atoms with van der Waals surface area (Å²) in [6.07, 6.45) is 0.990. The predicted octanol–water partition coefficient (Wildman–Crippen LogP) is 0.461. The average Bonchev–Trinajstić information content (AvgIpc) is 2.84. The van der Waals surface area contributed by atoms with E-state index >= 15 is 0 Å². The number of hydrogen-bond acceptors (Lipinski definition) is 5. The van der Waals surface area contributed by atoms with Crippen LogP contribution >= 0.6 is 0 Å². The lowest BCUT2D eigenvalue weighted by atomic mass is 10.1. The van der Waals surface area contributed by atoms with Gasteiger partial charge in [-0.3, -0.25) is 19.4 Å². The van der Waals surface area contributed by atoms with Crippen LogP contribution in [0.4, 0.5) is 0 Å². The first kappa shape index (κ1) is 22.1. The fourth-order valence-corrected chi connectivity index (χ4v) is 3.90. The number of nitrogens with one attached hydrogen (secondary N) is 1. The molecule has 7 heteroatoms. The summed E-state index contributed by atoms with van der Waals surface area (Å²) in [5, 5.41) is 3.03. The van der Waals surface area contributed by atoms with Gasteiger partial charge in [-0.15, -0.1) is 0 Å². The molecule has 2 fully saturated rings. The maximum Gasteiger partial charge on any atom is 0.239 e. The summed E-state index contributed by atoms with van der Waals surface area (Å²) in [4.78, 5) is 34.0. The Morgan fingerprint density at radius 1 is 0.926 bits per heavy atom. The van der Waals surface area contributed by atoms with Crippen molar-refractivity contribution >= 4 is 11.8 Å². The van der Waals surface area contributed by atoms with Crippen molar-refractivity contribution in [2.75, 3.05) is 65.4 Å². The Morgan fingerprint density at radius 3 is 2.15 bits per heavy atom. The fourth-order valence-electron chi connectivity index (χ4n) is 3.90. The number of piperazine rings is 1. The molecule has 1 atom stereocenters. The van der Waals surface area contributed by atoms with E-state index in [2.05, 4.69) is 26.9 Å². The van der Waals surface area contributed by atoms with Crippen molar-refractivity contribution < 1.29 is 9.59 Å². The van der Waals surface area contributed by atoms with Gasteiger partial charge in [0, 0.05) is 51.4 Å². The second-order valence-electron chi connectivity index (χ2n) is 8.90. The molecule has 2 rings (SSSR count). The van der Waals surface area contributed by atoms with Crippen molar-refractivity contribution in [3.05, 3.63) is 0 Å². The standard InChI is InChI=1S/C20H39N5O2/c1-6-22-10-14-25(15-11-22)19(27)17(2)24-9-7-8-23(12-13-24)16-18(26)21-20(3,4)5/h17H,6-16H2,1-5H3,(H,21,26)/t17-/m0/s1. The van der Waals surface area contributed by atoms with E-state index in [4.69, 9.17) is 0 Å². The number of hydrogen-bond donors (Lipinski definition) is 1. The minimum Gasteiger partial charge on any atom is -0.350 e. The van der Waals surface area contributed by atoms with Crippen LogP contribution in [0.1, 0.15) is 41.0 Å². The first-order valence-corrected chi connectivity index (χ1v) is 10.5. The zero-order valence-corrected chi connectivity index (χ0v) is 18.0. The maximum atomic E-state index is 12.9. The van der Waals surface area contributed by atoms with E-state index in [0.717, 1.165) is 65.3 Å². The summed E-state index contributed by atoms with van der Waals surface area (Å²) < 4.78 is 0. The average molecular weight is 382 g/mol. The molecule has 2 aliphatic rings. The summed E-state index contributed by atoms with van der Waals surface area (Å²) in [6, 6.07) is -0.0819. The number of likely N-dealkylation sites (N-methyl/N-ethyl adjacent to an activating group) is 1. The Hall–Kier alpha value is -1.18. The minimum atomic E-state index is -0.197. The van der Waals surface area contributed by atoms with E-state index in [-0.39, 0.29) is 23.4 Å². The van der Waals surface area contributed by atoms with Crippen molar-refractivity contribution in [1.82, 2.24) is 24.9 Å². The van der Waals surface area contributed by atoms with Gasteiger partial charge in [-0.25, -0.2) is 0 Å². The Balaban J connectivity index is 1.81. The molecule has 2 heterocycles. The van der Waals surface area contributed by atoms with Crippen LogP contribution in [0, 0.1) is 0 Å². The van der Waals surface area contributed by atoms with Crippen LogP contribution in [0.25, 0.3) is 0 Å². The number of carbonyl (C=O) groups excluding carboxylic acids is 2. The molecule has 0 aromatic heterocycles. The van der Waals surface area contributed by atoms with Crippen LogP contribution in [0.15, 0.2) is 0 Å². The molecule has 0 bridgehead atoms. The normalized spacial score (nSPS) is 22.3. The van der Waals surface area contributed by atoms with Crippen molar-refractivity contribution in [3.63, 3.8) is 0 Å². The molecular formula is C20H39N5O2. The molecule has 156 valence electrons. The Morgan fingerprint density at radius 2 is 1.56 bits per heavy atom. The topological polar surface area (TPSA) is 59.1 Å². The lowest BCUT2D eigenvalue weighted by molar-refractivity contribution is -0.138. The summed E-state index contributed by atoms with van der Waals surface area (Å²) in [5.41, 5.74) is -0.197. The van der Waals surface area contributed by atoms with Gasteiger partial charge in [0.1, 0.15) is 0 Å². The molecular weight excluding hydrogens is 342 g/mol. The van der Waals surface area contributed by atoms with Gasteiger partial charge in [0.2, 0.25) is 11.8 Å². The smallest absolute Gasteiger partial charge is 0.239 e. The van der Waals surface area contributed by atoms with Gasteiger partial charge in [-0.1, -0.05) is 6.92 Å². The second-order valence-corrected chi connectivity index (χ2v) is 8.90. The Bertz CT molecular complexity index is 497. The maximum absolute atomic E-state index is 12.9. The van der Waals surface area contributed by atoms with E-state index < -0.39 is 0 Å². The highest BCUT2D eigenvalue weighted by molar-refractivity contribution is 5.81. The monoisotopic (exact) mass is 381 g/mol. The van der Waals surface area contributed by atoms with Crippen LogP contribution in [-0.4, -0.2) is 108 Å². The van der Waals surface area contributed by atoms with Crippen LogP contribution in [0.5, 0.6) is 0 Å². The van der Waals surface area contributed by atoms with Crippen molar-refractivity contribution in [2.24, 2.45) is 0 Å². The minimum absolute atomic E-state index is 0.0777. The van der Waals surface area contributed by atoms with Gasteiger partial charge in [0.05, 0.1) is 12.6 Å². The van der Waals surface area contributed by atoms with Crippen molar-refractivity contribution in [1.29, 1.82) is 0 Å². The van der Waals surface area contributed by atoms with Gasteiger partial charge < -0.3 is 15.1 Å². The molecule has 2 saturated heterocycles. The molecule has 0 aromatic carbocycles. The fraction of sp³-hybridized carbons (Fsp3) is 0.900. The lowest BCUT2D eigenvalue weighted by Crippen LogP contribution is -2.54. The highest BCUT2D eigenvalue weighted by Crippen LogP contribution is 2.12.